The molecule has 1 aromatic heterocycles. The normalized spacial score (nSPS) is 12.2. The largest absolute Gasteiger partial charge is 0.444 e. The van der Waals surface area contributed by atoms with Gasteiger partial charge < -0.3 is 4.74 Å². The van der Waals surface area contributed by atoms with E-state index >= 15 is 0 Å². The van der Waals surface area contributed by atoms with Crippen LogP contribution in [0, 0.1) is 0 Å². The first-order chi connectivity index (χ1) is 13.5. The Morgan fingerprint density at radius 3 is 2.52 bits per heavy atom. The minimum absolute atomic E-state index is 0.0222. The maximum atomic E-state index is 13.0. The number of aromatic nitrogens is 3. The Kier molecular flexibility index (Phi) is 5.50. The molecule has 0 aliphatic heterocycles. The highest BCUT2D eigenvalue weighted by atomic mass is 19.4. The summed E-state index contributed by atoms with van der Waals surface area (Å²) in [5.41, 5.74) is 0.148. The second kappa shape index (κ2) is 7.73. The fraction of sp³-hybridized carbons (Fsp3) is 0.350. The Morgan fingerprint density at radius 1 is 1.10 bits per heavy atom. The molecule has 154 valence electrons. The average Bonchev–Trinajstić information content (AvgIpc) is 3.02. The zero-order chi connectivity index (χ0) is 21.2. The van der Waals surface area contributed by atoms with Crippen LogP contribution in [0.1, 0.15) is 31.9 Å². The standard InChI is InChI=1S/C20H21F3N4O2/c1-19(2,3)29-18(28)26(12-14-7-6-8-15(11-14)20(21,22)23)13-27-17-10-5-4-9-16(17)24-25-27/h4-11H,12-13H2,1-3H3. The molecule has 0 saturated carbocycles. The van der Waals surface area contributed by atoms with Gasteiger partial charge in [0.1, 0.15) is 17.8 Å². The summed E-state index contributed by atoms with van der Waals surface area (Å²) in [7, 11) is 0. The molecule has 2 aromatic carbocycles. The number of carbonyl (C=O) groups is 1. The lowest BCUT2D eigenvalue weighted by Crippen LogP contribution is -2.37. The summed E-state index contributed by atoms with van der Waals surface area (Å²) < 4.78 is 46.1. The van der Waals surface area contributed by atoms with Crippen LogP contribution in [0.5, 0.6) is 0 Å². The quantitative estimate of drug-likeness (QED) is 0.622. The molecule has 0 atom stereocenters. The van der Waals surface area contributed by atoms with Crippen LogP contribution >= 0.6 is 0 Å². The first-order valence-electron chi connectivity index (χ1n) is 8.95. The van der Waals surface area contributed by atoms with Crippen molar-refractivity contribution in [2.24, 2.45) is 0 Å². The summed E-state index contributed by atoms with van der Waals surface area (Å²) in [5, 5.41) is 8.09. The van der Waals surface area contributed by atoms with Crippen molar-refractivity contribution in [1.82, 2.24) is 19.9 Å². The maximum Gasteiger partial charge on any atom is 0.416 e. The van der Waals surface area contributed by atoms with E-state index in [1.165, 1.54) is 21.7 Å². The smallest absolute Gasteiger partial charge is 0.416 e. The van der Waals surface area contributed by atoms with Crippen molar-refractivity contribution < 1.29 is 22.7 Å². The topological polar surface area (TPSA) is 60.2 Å². The van der Waals surface area contributed by atoms with E-state index in [9.17, 15) is 18.0 Å². The Bertz CT molecular complexity index is 1010. The predicted molar refractivity (Wildman–Crippen MR) is 101 cm³/mol. The summed E-state index contributed by atoms with van der Waals surface area (Å²) >= 11 is 0. The minimum atomic E-state index is -4.46. The lowest BCUT2D eigenvalue weighted by molar-refractivity contribution is -0.137. The Balaban J connectivity index is 1.90. The summed E-state index contributed by atoms with van der Waals surface area (Å²) in [5.74, 6) is 0. The molecule has 1 heterocycles. The van der Waals surface area contributed by atoms with E-state index in [4.69, 9.17) is 4.74 Å². The molecule has 29 heavy (non-hydrogen) atoms. The van der Waals surface area contributed by atoms with E-state index in [0.717, 1.165) is 12.1 Å². The van der Waals surface area contributed by atoms with Gasteiger partial charge in [-0.05, 0) is 50.6 Å². The summed E-state index contributed by atoms with van der Waals surface area (Å²) in [6, 6.07) is 12.1. The molecule has 0 spiro atoms. The molecule has 0 bridgehead atoms. The van der Waals surface area contributed by atoms with Crippen LogP contribution in [0.2, 0.25) is 0 Å². The highest BCUT2D eigenvalue weighted by Crippen LogP contribution is 2.30. The van der Waals surface area contributed by atoms with Crippen molar-refractivity contribution in [1.29, 1.82) is 0 Å². The van der Waals surface area contributed by atoms with Gasteiger partial charge in [0.05, 0.1) is 17.6 Å². The number of ether oxygens (including phenoxy) is 1. The van der Waals surface area contributed by atoms with Gasteiger partial charge >= 0.3 is 12.3 Å². The maximum absolute atomic E-state index is 13.0. The Hall–Kier alpha value is -3.10. The number of fused-ring (bicyclic) bond motifs is 1. The van der Waals surface area contributed by atoms with Gasteiger partial charge in [-0.3, -0.25) is 4.90 Å². The van der Waals surface area contributed by atoms with Gasteiger partial charge in [-0.25, -0.2) is 9.48 Å². The lowest BCUT2D eigenvalue weighted by atomic mass is 10.1. The fourth-order valence-corrected chi connectivity index (χ4v) is 2.75. The van der Waals surface area contributed by atoms with Crippen molar-refractivity contribution in [2.45, 2.75) is 45.8 Å². The number of benzene rings is 2. The SMILES string of the molecule is CC(C)(C)OC(=O)N(Cc1cccc(C(F)(F)F)c1)Cn1nnc2ccccc21. The predicted octanol–water partition coefficient (Wildman–Crippen LogP) is 4.84. The third-order valence-corrected chi connectivity index (χ3v) is 4.00. The molecule has 0 unspecified atom stereocenters. The number of amides is 1. The first kappa shape index (κ1) is 20.6. The number of para-hydroxylation sites is 1. The fourth-order valence-electron chi connectivity index (χ4n) is 2.75. The van der Waals surface area contributed by atoms with E-state index in [2.05, 4.69) is 10.3 Å². The summed E-state index contributed by atoms with van der Waals surface area (Å²) in [6.07, 6.45) is -5.12. The molecule has 0 aliphatic carbocycles. The number of hydrogen-bond donors (Lipinski definition) is 0. The third-order valence-electron chi connectivity index (χ3n) is 4.00. The second-order valence-electron chi connectivity index (χ2n) is 7.60. The van der Waals surface area contributed by atoms with Crippen molar-refractivity contribution in [3.8, 4) is 0 Å². The third kappa shape index (κ3) is 5.24. The van der Waals surface area contributed by atoms with Crippen LogP contribution in [-0.4, -0.2) is 31.6 Å². The van der Waals surface area contributed by atoms with Crippen molar-refractivity contribution in [2.75, 3.05) is 0 Å². The van der Waals surface area contributed by atoms with Crippen LogP contribution in [0.25, 0.3) is 11.0 Å². The molecule has 0 aliphatic rings. The molecular weight excluding hydrogens is 385 g/mol. The number of halogens is 3. The van der Waals surface area contributed by atoms with Gasteiger partial charge in [0, 0.05) is 0 Å². The number of carbonyl (C=O) groups excluding carboxylic acids is 1. The Labute approximate surface area is 165 Å². The van der Waals surface area contributed by atoms with Crippen LogP contribution in [-0.2, 0) is 24.1 Å². The van der Waals surface area contributed by atoms with E-state index in [0.29, 0.717) is 16.6 Å². The number of alkyl halides is 3. The average molecular weight is 406 g/mol. The minimum Gasteiger partial charge on any atom is -0.444 e. The molecule has 6 nitrogen and oxygen atoms in total. The zero-order valence-corrected chi connectivity index (χ0v) is 16.3. The highest BCUT2D eigenvalue weighted by Gasteiger charge is 2.31. The summed E-state index contributed by atoms with van der Waals surface area (Å²) in [4.78, 5) is 14.0. The number of nitrogens with zero attached hydrogens (tertiary/aromatic N) is 4. The molecule has 9 heteroatoms. The van der Waals surface area contributed by atoms with E-state index in [1.54, 1.807) is 32.9 Å². The van der Waals surface area contributed by atoms with Gasteiger partial charge in [0.15, 0.2) is 0 Å². The van der Waals surface area contributed by atoms with Gasteiger partial charge in [-0.15, -0.1) is 5.10 Å². The molecule has 3 rings (SSSR count). The monoisotopic (exact) mass is 406 g/mol. The first-order valence-corrected chi connectivity index (χ1v) is 8.95. The summed E-state index contributed by atoms with van der Waals surface area (Å²) in [6.45, 7) is 5.06. The van der Waals surface area contributed by atoms with Crippen LogP contribution in [0.4, 0.5) is 18.0 Å². The van der Waals surface area contributed by atoms with Crippen LogP contribution < -0.4 is 0 Å². The zero-order valence-electron chi connectivity index (χ0n) is 16.3. The van der Waals surface area contributed by atoms with E-state index in [-0.39, 0.29) is 13.2 Å². The second-order valence-corrected chi connectivity index (χ2v) is 7.60. The molecule has 0 saturated heterocycles. The van der Waals surface area contributed by atoms with Crippen molar-refractivity contribution >= 4 is 17.1 Å². The number of hydrogen-bond acceptors (Lipinski definition) is 4. The van der Waals surface area contributed by atoms with Crippen LogP contribution in [0.15, 0.2) is 48.5 Å². The van der Waals surface area contributed by atoms with Crippen LogP contribution in [0.3, 0.4) is 0 Å². The van der Waals surface area contributed by atoms with Gasteiger partial charge in [-0.2, -0.15) is 13.2 Å². The molecule has 1 amide bonds. The Morgan fingerprint density at radius 2 is 1.83 bits per heavy atom. The molecule has 0 fully saturated rings. The lowest BCUT2D eigenvalue weighted by Gasteiger charge is -2.27. The molecule has 3 aromatic rings. The highest BCUT2D eigenvalue weighted by molar-refractivity contribution is 5.74. The number of rotatable bonds is 4. The van der Waals surface area contributed by atoms with Gasteiger partial charge in [0.25, 0.3) is 0 Å². The van der Waals surface area contributed by atoms with Gasteiger partial charge in [0.2, 0.25) is 0 Å². The van der Waals surface area contributed by atoms with E-state index < -0.39 is 23.4 Å². The van der Waals surface area contributed by atoms with Gasteiger partial charge in [-0.1, -0.05) is 29.5 Å². The molecular formula is C20H21F3N4O2. The van der Waals surface area contributed by atoms with Crippen molar-refractivity contribution in [3.05, 3.63) is 59.7 Å². The van der Waals surface area contributed by atoms with Crippen molar-refractivity contribution in [3.63, 3.8) is 0 Å². The molecule has 0 N–H and O–H groups in total. The molecule has 0 radical (unpaired) electrons. The van der Waals surface area contributed by atoms with E-state index in [1.807, 2.05) is 12.1 Å².